The Hall–Kier alpha value is -2.77. The first kappa shape index (κ1) is 26.8. The van der Waals surface area contributed by atoms with Gasteiger partial charge in [-0.2, -0.15) is 0 Å². The second-order valence-corrected chi connectivity index (χ2v) is 8.81. The number of nitrogens with zero attached hydrogens (tertiary/aromatic N) is 7. The van der Waals surface area contributed by atoms with E-state index < -0.39 is 24.4 Å². The number of rotatable bonds is 7. The molecule has 0 amide bonds. The first-order valence-electron chi connectivity index (χ1n) is 11.9. The van der Waals surface area contributed by atoms with E-state index in [1.807, 2.05) is 19.6 Å². The molecule has 0 aromatic rings. The van der Waals surface area contributed by atoms with Gasteiger partial charge in [0.25, 0.3) is 0 Å². The average Bonchev–Trinajstić information content (AvgIpc) is 2.83. The number of fused-ring (bicyclic) bond motifs is 7. The number of ketones is 1. The van der Waals surface area contributed by atoms with Gasteiger partial charge in [-0.3, -0.25) is 38.8 Å². The quantitative estimate of drug-likeness (QED) is 0.143. The molecule has 3 heterocycles. The molecule has 0 aromatic carbocycles. The van der Waals surface area contributed by atoms with Crippen LogP contribution in [0.4, 0.5) is 0 Å². The summed E-state index contributed by atoms with van der Waals surface area (Å²) < 4.78 is 15.4. The van der Waals surface area contributed by atoms with Crippen LogP contribution in [0.1, 0.15) is 19.3 Å². The average molecular weight is 496 g/mol. The fraction of sp³-hybridized carbons (Fsp3) is 0.810. The molecule has 4 bridgehead atoms. The zero-order chi connectivity index (χ0) is 25.0. The van der Waals surface area contributed by atoms with Gasteiger partial charge in [0.2, 0.25) is 0 Å². The van der Waals surface area contributed by atoms with E-state index in [4.69, 9.17) is 19.7 Å². The molecule has 3 fully saturated rings. The highest BCUT2D eigenvalue weighted by Crippen LogP contribution is 2.10. The van der Waals surface area contributed by atoms with Crippen LogP contribution >= 0.6 is 0 Å². The van der Waals surface area contributed by atoms with E-state index in [0.29, 0.717) is 78.2 Å². The molecule has 14 nitrogen and oxygen atoms in total. The van der Waals surface area contributed by atoms with Gasteiger partial charge in [-0.05, 0) is 18.4 Å². The maximum atomic E-state index is 12.6. The third kappa shape index (κ3) is 9.78. The monoisotopic (exact) mass is 495 g/mol. The Morgan fingerprint density at radius 3 is 1.71 bits per heavy atom. The summed E-state index contributed by atoms with van der Waals surface area (Å²) in [7, 11) is 0. The summed E-state index contributed by atoms with van der Waals surface area (Å²) in [5, 5.41) is 3.49. The predicted octanol–water partition coefficient (Wildman–Crippen LogP) is -0.802. The van der Waals surface area contributed by atoms with Gasteiger partial charge in [0.05, 0.1) is 26.2 Å². The van der Waals surface area contributed by atoms with Gasteiger partial charge in [-0.15, -0.1) is 0 Å². The minimum atomic E-state index is -1.71. The van der Waals surface area contributed by atoms with Crippen molar-refractivity contribution in [1.29, 1.82) is 0 Å². The number of hydrogen-bond acceptors (Lipinski definition) is 12. The Morgan fingerprint density at radius 1 is 0.800 bits per heavy atom. The number of Topliss-reactive ketones (excluding diaryl/α,β-unsaturated/α-hetero) is 1. The Balaban J connectivity index is 1.73. The minimum Gasteiger partial charge on any atom is -0.389 e. The third-order valence-electron chi connectivity index (χ3n) is 6.10. The van der Waals surface area contributed by atoms with Crippen LogP contribution in [0.2, 0.25) is 0 Å². The van der Waals surface area contributed by atoms with Gasteiger partial charge in [0.15, 0.2) is 0 Å². The zero-order valence-corrected chi connectivity index (χ0v) is 19.9. The summed E-state index contributed by atoms with van der Waals surface area (Å²) in [6, 6.07) is 0. The smallest absolute Gasteiger partial charge is 0.389 e. The Bertz CT molecular complexity index is 784. The topological polar surface area (TPSA) is 158 Å². The fourth-order valence-corrected chi connectivity index (χ4v) is 4.14. The summed E-state index contributed by atoms with van der Waals surface area (Å²) in [4.78, 5) is 60.4. The van der Waals surface area contributed by atoms with Gasteiger partial charge in [-0.25, -0.2) is 0 Å². The first-order chi connectivity index (χ1) is 16.9. The van der Waals surface area contributed by atoms with Crippen molar-refractivity contribution in [2.24, 2.45) is 5.11 Å². The highest BCUT2D eigenvalue weighted by Gasteiger charge is 2.30. The van der Waals surface area contributed by atoms with E-state index >= 15 is 0 Å². The summed E-state index contributed by atoms with van der Waals surface area (Å²) in [5.74, 6) is -1.88. The number of carbonyl (C=O) groups is 4. The van der Waals surface area contributed by atoms with Crippen molar-refractivity contribution >= 4 is 23.7 Å². The second-order valence-electron chi connectivity index (χ2n) is 8.81. The number of azide groups is 1. The van der Waals surface area contributed by atoms with Crippen LogP contribution in [0.15, 0.2) is 5.11 Å². The van der Waals surface area contributed by atoms with Crippen LogP contribution in [-0.2, 0) is 33.4 Å². The normalized spacial score (nSPS) is 28.7. The SMILES string of the molecule is [N-]=[N+]=NCCCCC(=O)CN1CCN2CCN3CCN(CC1)CC(=O)OC(OC(=O)C2)OC(=O)C3. The molecule has 2 atom stereocenters. The van der Waals surface area contributed by atoms with Crippen LogP contribution in [-0.4, -0.2) is 135 Å². The molecule has 0 aliphatic carbocycles. The first-order valence-corrected chi connectivity index (χ1v) is 11.9. The van der Waals surface area contributed by atoms with Crippen molar-refractivity contribution in [3.05, 3.63) is 10.4 Å². The molecule has 14 heteroatoms. The Morgan fingerprint density at radius 2 is 1.26 bits per heavy atom. The van der Waals surface area contributed by atoms with E-state index in [1.54, 1.807) is 0 Å². The number of ether oxygens (including phenoxy) is 3. The van der Waals surface area contributed by atoms with E-state index in [9.17, 15) is 19.2 Å². The largest absolute Gasteiger partial charge is 0.412 e. The summed E-state index contributed by atoms with van der Waals surface area (Å²) in [5.41, 5.74) is 8.34. The van der Waals surface area contributed by atoms with Gasteiger partial charge in [0.1, 0.15) is 5.78 Å². The standard InChI is InChI=1S/C21H33N7O7/c22-24-23-4-2-1-3-17(29)13-25-5-7-26-9-11-28-12-10-27(8-6-25)15-19(31)34-21(33-18(30)14-26)35-20(32)16-28/h21H,1-16H2. The van der Waals surface area contributed by atoms with Crippen molar-refractivity contribution in [2.75, 3.05) is 85.1 Å². The molecule has 3 saturated heterocycles. The molecule has 35 heavy (non-hydrogen) atoms. The van der Waals surface area contributed by atoms with Gasteiger partial charge >= 0.3 is 24.4 Å². The van der Waals surface area contributed by atoms with Crippen LogP contribution < -0.4 is 0 Å². The number of esters is 3. The molecule has 0 spiro atoms. The number of hydrogen-bond donors (Lipinski definition) is 0. The predicted molar refractivity (Wildman–Crippen MR) is 121 cm³/mol. The molecule has 3 aliphatic heterocycles. The number of unbranched alkanes of at least 4 members (excludes halogenated alkanes) is 1. The van der Waals surface area contributed by atoms with Crippen LogP contribution in [0.3, 0.4) is 0 Å². The van der Waals surface area contributed by atoms with Crippen LogP contribution in [0.5, 0.6) is 0 Å². The summed E-state index contributed by atoms with van der Waals surface area (Å²) in [6.07, 6.45) is 1.71. The molecule has 194 valence electrons. The van der Waals surface area contributed by atoms with Crippen molar-refractivity contribution in [2.45, 2.75) is 25.7 Å². The van der Waals surface area contributed by atoms with E-state index in [0.717, 1.165) is 0 Å². The zero-order valence-electron chi connectivity index (χ0n) is 19.9. The molecular formula is C21H33N7O7. The molecule has 0 N–H and O–H groups in total. The van der Waals surface area contributed by atoms with Gasteiger partial charge in [-0.1, -0.05) is 5.11 Å². The van der Waals surface area contributed by atoms with Crippen molar-refractivity contribution in [3.8, 4) is 0 Å². The van der Waals surface area contributed by atoms with E-state index in [2.05, 4.69) is 10.0 Å². The highest BCUT2D eigenvalue weighted by atomic mass is 16.9. The molecular weight excluding hydrogens is 462 g/mol. The molecule has 0 saturated carbocycles. The van der Waals surface area contributed by atoms with Gasteiger partial charge < -0.3 is 14.2 Å². The molecule has 2 unspecified atom stereocenters. The minimum absolute atomic E-state index is 0.00636. The molecule has 0 aromatic heterocycles. The Kier molecular flexibility index (Phi) is 10.7. The van der Waals surface area contributed by atoms with E-state index in [-0.39, 0.29) is 32.0 Å². The van der Waals surface area contributed by atoms with Crippen LogP contribution in [0.25, 0.3) is 10.4 Å². The lowest BCUT2D eigenvalue weighted by Crippen LogP contribution is -2.49. The summed E-state index contributed by atoms with van der Waals surface area (Å²) in [6.45, 7) is 3.03. The lowest BCUT2D eigenvalue weighted by molar-refractivity contribution is -0.258. The van der Waals surface area contributed by atoms with E-state index in [1.165, 1.54) is 0 Å². The van der Waals surface area contributed by atoms with Crippen molar-refractivity contribution in [3.63, 3.8) is 0 Å². The third-order valence-corrected chi connectivity index (χ3v) is 6.10. The van der Waals surface area contributed by atoms with Crippen LogP contribution in [0, 0.1) is 0 Å². The Labute approximate surface area is 203 Å². The lowest BCUT2D eigenvalue weighted by Gasteiger charge is -2.33. The van der Waals surface area contributed by atoms with Crippen molar-refractivity contribution < 1.29 is 33.4 Å². The second kappa shape index (κ2) is 14.0. The molecule has 3 aliphatic rings. The molecule has 0 radical (unpaired) electrons. The maximum Gasteiger partial charge on any atom is 0.412 e. The fourth-order valence-electron chi connectivity index (χ4n) is 4.14. The van der Waals surface area contributed by atoms with Crippen molar-refractivity contribution in [1.82, 2.24) is 19.6 Å². The molecule has 3 rings (SSSR count). The lowest BCUT2D eigenvalue weighted by atomic mass is 10.1. The summed E-state index contributed by atoms with van der Waals surface area (Å²) >= 11 is 0. The highest BCUT2D eigenvalue weighted by molar-refractivity contribution is 5.80. The maximum absolute atomic E-state index is 12.6. The van der Waals surface area contributed by atoms with Gasteiger partial charge in [0, 0.05) is 70.2 Å². The number of carbonyl (C=O) groups excluding carboxylic acids is 4.